The summed E-state index contributed by atoms with van der Waals surface area (Å²) in [5, 5.41) is 2.93. The summed E-state index contributed by atoms with van der Waals surface area (Å²) in [5.74, 6) is -0.367. The number of rotatable bonds is 5. The van der Waals surface area contributed by atoms with E-state index in [0.29, 0.717) is 29.2 Å². The highest BCUT2D eigenvalue weighted by Crippen LogP contribution is 2.39. The minimum Gasteiger partial charge on any atom is -0.489 e. The lowest BCUT2D eigenvalue weighted by Gasteiger charge is -2.28. The Morgan fingerprint density at radius 3 is 2.39 bits per heavy atom. The molecule has 3 aromatic rings. The molecule has 0 radical (unpaired) electrons. The normalized spacial score (nSPS) is 15.1. The molecule has 0 saturated heterocycles. The minimum atomic E-state index is -0.715. The second kappa shape index (κ2) is 8.35. The first-order valence-electron chi connectivity index (χ1n) is 9.67. The number of anilines is 1. The molecular weight excluding hydrogens is 398 g/mol. The van der Waals surface area contributed by atoms with E-state index in [1.807, 2.05) is 30.3 Å². The van der Waals surface area contributed by atoms with Gasteiger partial charge >= 0.3 is 11.7 Å². The minimum absolute atomic E-state index is 0.239. The van der Waals surface area contributed by atoms with Crippen molar-refractivity contribution < 1.29 is 14.3 Å². The zero-order chi connectivity index (χ0) is 22.0. The van der Waals surface area contributed by atoms with E-state index in [-0.39, 0.29) is 11.4 Å². The summed E-state index contributed by atoms with van der Waals surface area (Å²) in [6.07, 6.45) is 0. The van der Waals surface area contributed by atoms with Gasteiger partial charge in [0, 0.05) is 5.70 Å². The Labute approximate surface area is 177 Å². The first-order valence-corrected chi connectivity index (χ1v) is 9.67. The monoisotopic (exact) mass is 419 g/mol. The van der Waals surface area contributed by atoms with Crippen molar-refractivity contribution in [2.45, 2.75) is 19.4 Å². The van der Waals surface area contributed by atoms with Crippen molar-refractivity contribution in [2.24, 2.45) is 0 Å². The van der Waals surface area contributed by atoms with Crippen LogP contribution in [0.15, 0.2) is 75.5 Å². The van der Waals surface area contributed by atoms with Crippen molar-refractivity contribution in [1.82, 2.24) is 9.97 Å². The third kappa shape index (κ3) is 4.00. The van der Waals surface area contributed by atoms with Crippen molar-refractivity contribution in [2.75, 3.05) is 12.4 Å². The third-order valence-corrected chi connectivity index (χ3v) is 5.14. The van der Waals surface area contributed by atoms with Crippen LogP contribution in [0.25, 0.3) is 0 Å². The summed E-state index contributed by atoms with van der Waals surface area (Å²) in [6, 6.07) is 16.9. The van der Waals surface area contributed by atoms with Gasteiger partial charge in [-0.25, -0.2) is 9.59 Å². The quantitative estimate of drug-likeness (QED) is 0.548. The lowest BCUT2D eigenvalue weighted by atomic mass is 9.82. The van der Waals surface area contributed by atoms with Crippen molar-refractivity contribution in [1.29, 1.82) is 0 Å². The molecule has 8 heteroatoms. The number of nitrogens with one attached hydrogen (secondary N) is 3. The van der Waals surface area contributed by atoms with Crippen molar-refractivity contribution in [3.63, 3.8) is 0 Å². The number of methoxy groups -OCH3 is 1. The topological polar surface area (TPSA) is 113 Å². The fourth-order valence-corrected chi connectivity index (χ4v) is 3.70. The maximum absolute atomic E-state index is 12.6. The summed E-state index contributed by atoms with van der Waals surface area (Å²) >= 11 is 0. The van der Waals surface area contributed by atoms with E-state index in [1.165, 1.54) is 7.11 Å². The number of allylic oxidation sites excluding steroid dienone is 1. The van der Waals surface area contributed by atoms with E-state index in [0.717, 1.165) is 5.56 Å². The average molecular weight is 419 g/mol. The molecule has 3 N–H and O–H groups in total. The number of ether oxygens (including phenoxy) is 2. The molecule has 1 atom stereocenters. The van der Waals surface area contributed by atoms with E-state index in [4.69, 9.17) is 9.47 Å². The summed E-state index contributed by atoms with van der Waals surface area (Å²) < 4.78 is 10.8. The molecule has 2 aromatic carbocycles. The molecule has 0 fully saturated rings. The lowest BCUT2D eigenvalue weighted by Crippen LogP contribution is -2.34. The van der Waals surface area contributed by atoms with E-state index in [2.05, 4.69) is 15.3 Å². The molecule has 31 heavy (non-hydrogen) atoms. The van der Waals surface area contributed by atoms with Gasteiger partial charge in [-0.05, 0) is 30.2 Å². The van der Waals surface area contributed by atoms with Gasteiger partial charge in [-0.3, -0.25) is 14.8 Å². The number of carbonyl (C=O) groups is 1. The summed E-state index contributed by atoms with van der Waals surface area (Å²) in [5.41, 5.74) is 1.56. The van der Waals surface area contributed by atoms with E-state index in [9.17, 15) is 14.4 Å². The maximum Gasteiger partial charge on any atom is 0.336 e. The Kier molecular flexibility index (Phi) is 5.44. The number of aromatic nitrogens is 2. The number of fused-ring (bicyclic) bond motifs is 1. The van der Waals surface area contributed by atoms with Crippen LogP contribution in [0, 0.1) is 0 Å². The van der Waals surface area contributed by atoms with Crippen molar-refractivity contribution >= 4 is 11.8 Å². The number of esters is 1. The second-order valence-electron chi connectivity index (χ2n) is 7.13. The maximum atomic E-state index is 12.6. The molecule has 8 nitrogen and oxygen atoms in total. The zero-order valence-corrected chi connectivity index (χ0v) is 17.0. The Bertz CT molecular complexity index is 1260. The molecule has 1 aliphatic heterocycles. The first-order chi connectivity index (χ1) is 15.0. The summed E-state index contributed by atoms with van der Waals surface area (Å²) in [7, 11) is 1.28. The van der Waals surface area contributed by atoms with Crippen LogP contribution in [0.4, 0.5) is 5.82 Å². The molecular formula is C23H21N3O5. The van der Waals surface area contributed by atoms with Gasteiger partial charge in [-0.2, -0.15) is 0 Å². The summed E-state index contributed by atoms with van der Waals surface area (Å²) in [6.45, 7) is 2.11. The average Bonchev–Trinajstić information content (AvgIpc) is 2.77. The van der Waals surface area contributed by atoms with Crippen LogP contribution in [0.5, 0.6) is 5.75 Å². The molecule has 1 aromatic heterocycles. The van der Waals surface area contributed by atoms with Crippen molar-refractivity contribution in [3.8, 4) is 5.75 Å². The number of carbonyl (C=O) groups excluding carboxylic acids is 1. The van der Waals surface area contributed by atoms with Gasteiger partial charge in [-0.1, -0.05) is 42.5 Å². The molecule has 0 amide bonds. The van der Waals surface area contributed by atoms with Crippen LogP contribution < -0.4 is 21.3 Å². The van der Waals surface area contributed by atoms with Gasteiger partial charge in [0.15, 0.2) is 0 Å². The molecule has 158 valence electrons. The fraction of sp³-hybridized carbons (Fsp3) is 0.174. The third-order valence-electron chi connectivity index (χ3n) is 5.14. The Morgan fingerprint density at radius 1 is 1.00 bits per heavy atom. The molecule has 0 aliphatic carbocycles. The molecule has 1 unspecified atom stereocenters. The van der Waals surface area contributed by atoms with Crippen molar-refractivity contribution in [3.05, 3.63) is 103 Å². The predicted octanol–water partition coefficient (Wildman–Crippen LogP) is 2.65. The van der Waals surface area contributed by atoms with Gasteiger partial charge in [0.25, 0.3) is 5.56 Å². The van der Waals surface area contributed by atoms with Gasteiger partial charge < -0.3 is 14.8 Å². The smallest absolute Gasteiger partial charge is 0.336 e. The molecule has 0 saturated carbocycles. The largest absolute Gasteiger partial charge is 0.489 e. The van der Waals surface area contributed by atoms with Crippen LogP contribution in [0.1, 0.15) is 29.5 Å². The highest BCUT2D eigenvalue weighted by atomic mass is 16.5. The predicted molar refractivity (Wildman–Crippen MR) is 115 cm³/mol. The van der Waals surface area contributed by atoms with Gasteiger partial charge in [0.05, 0.1) is 24.2 Å². The van der Waals surface area contributed by atoms with Gasteiger partial charge in [0.1, 0.15) is 18.2 Å². The first kappa shape index (κ1) is 20.2. The van der Waals surface area contributed by atoms with Crippen LogP contribution >= 0.6 is 0 Å². The van der Waals surface area contributed by atoms with E-state index < -0.39 is 23.1 Å². The standard InChI is InChI=1S/C23H21N3O5/c1-13-17(22(28)30-2)18(19-20(24-13)25-23(29)26-21(19)27)15-8-10-16(11-9-15)31-12-14-6-4-3-5-7-14/h3-11,18H,12H2,1-2H3,(H3,24,25,26,27,29). The SMILES string of the molecule is COC(=O)C1=C(C)Nc2[nH]c(=O)[nH]c(=O)c2C1c1ccc(OCc2ccccc2)cc1. The van der Waals surface area contributed by atoms with E-state index >= 15 is 0 Å². The molecule has 4 rings (SSSR count). The number of hydrogen-bond acceptors (Lipinski definition) is 6. The Balaban J connectivity index is 1.71. The molecule has 0 spiro atoms. The van der Waals surface area contributed by atoms with Crippen LogP contribution in [0.3, 0.4) is 0 Å². The lowest BCUT2D eigenvalue weighted by molar-refractivity contribution is -0.136. The van der Waals surface area contributed by atoms with Gasteiger partial charge in [0.2, 0.25) is 0 Å². The highest BCUT2D eigenvalue weighted by Gasteiger charge is 2.35. The van der Waals surface area contributed by atoms with Crippen LogP contribution in [-0.4, -0.2) is 23.0 Å². The zero-order valence-electron chi connectivity index (χ0n) is 17.0. The van der Waals surface area contributed by atoms with Gasteiger partial charge in [-0.15, -0.1) is 0 Å². The van der Waals surface area contributed by atoms with Crippen LogP contribution in [-0.2, 0) is 16.1 Å². The van der Waals surface area contributed by atoms with Crippen LogP contribution in [0.2, 0.25) is 0 Å². The number of aromatic amines is 2. The highest BCUT2D eigenvalue weighted by molar-refractivity contribution is 5.94. The Hall–Kier alpha value is -4.07. The molecule has 2 heterocycles. The number of benzene rings is 2. The fourth-order valence-electron chi connectivity index (χ4n) is 3.70. The number of hydrogen-bond donors (Lipinski definition) is 3. The number of H-pyrrole nitrogens is 2. The molecule has 0 bridgehead atoms. The Morgan fingerprint density at radius 2 is 1.71 bits per heavy atom. The second-order valence-corrected chi connectivity index (χ2v) is 7.13. The summed E-state index contributed by atoms with van der Waals surface area (Å²) in [4.78, 5) is 41.8. The van der Waals surface area contributed by atoms with E-state index in [1.54, 1.807) is 31.2 Å². The molecule has 1 aliphatic rings.